The van der Waals surface area contributed by atoms with Crippen LogP contribution in [0.15, 0.2) is 24.3 Å². The summed E-state index contributed by atoms with van der Waals surface area (Å²) >= 11 is 0. The van der Waals surface area contributed by atoms with E-state index < -0.39 is 30.6 Å². The van der Waals surface area contributed by atoms with Gasteiger partial charge in [0.2, 0.25) is 5.91 Å². The lowest BCUT2D eigenvalue weighted by Gasteiger charge is -2.14. The van der Waals surface area contributed by atoms with Gasteiger partial charge in [-0.05, 0) is 24.6 Å². The molecular formula is C14H16F4N2O3. The summed E-state index contributed by atoms with van der Waals surface area (Å²) in [5.41, 5.74) is 0.692. The van der Waals surface area contributed by atoms with Crippen molar-refractivity contribution in [1.29, 1.82) is 0 Å². The Bertz CT molecular complexity index is 532. The van der Waals surface area contributed by atoms with E-state index in [-0.39, 0.29) is 19.0 Å². The van der Waals surface area contributed by atoms with E-state index in [4.69, 9.17) is 0 Å². The summed E-state index contributed by atoms with van der Waals surface area (Å²) in [6.45, 7) is -0.165. The highest BCUT2D eigenvalue weighted by Gasteiger charge is 2.29. The molecule has 1 rings (SSSR count). The van der Waals surface area contributed by atoms with Crippen molar-refractivity contribution in [3.8, 4) is 0 Å². The number of amides is 2. The molecule has 0 aromatic heterocycles. The highest BCUT2D eigenvalue weighted by atomic mass is 19.4. The van der Waals surface area contributed by atoms with Crippen molar-refractivity contribution >= 4 is 12.0 Å². The summed E-state index contributed by atoms with van der Waals surface area (Å²) in [5.74, 6) is -0.813. The quantitative estimate of drug-likeness (QED) is 0.785. The molecule has 2 N–H and O–H groups in total. The lowest BCUT2D eigenvalue weighted by molar-refractivity contribution is -0.160. The average molecular weight is 336 g/mol. The normalized spacial score (nSPS) is 12.4. The standard InChI is InChI=1S/C14H16F4N2O3/c1-9(10-2-4-11(15)5-3-10)20-12(21)6-7-19-13(22)23-8-14(16,17)18/h2-5,9H,6-8H2,1H3,(H,19,22)(H,20,21)/t9-/m1/s1. The molecule has 0 fully saturated rings. The van der Waals surface area contributed by atoms with Crippen LogP contribution in [0.4, 0.5) is 22.4 Å². The second-order valence-corrected chi connectivity index (χ2v) is 4.71. The third-order valence-electron chi connectivity index (χ3n) is 2.74. The maximum Gasteiger partial charge on any atom is 0.422 e. The monoisotopic (exact) mass is 336 g/mol. The first-order chi connectivity index (χ1) is 10.7. The lowest BCUT2D eigenvalue weighted by Crippen LogP contribution is -2.33. The molecular weight excluding hydrogens is 320 g/mol. The van der Waals surface area contributed by atoms with Gasteiger partial charge in [0.15, 0.2) is 6.61 Å². The Labute approximate surface area is 130 Å². The third kappa shape index (κ3) is 8.03. The van der Waals surface area contributed by atoms with Crippen LogP contribution in [0.3, 0.4) is 0 Å². The Balaban J connectivity index is 2.26. The molecule has 128 valence electrons. The molecule has 1 aromatic rings. The maximum atomic E-state index is 12.8. The zero-order valence-corrected chi connectivity index (χ0v) is 12.2. The van der Waals surface area contributed by atoms with E-state index in [9.17, 15) is 27.2 Å². The largest absolute Gasteiger partial charge is 0.440 e. The molecule has 0 radical (unpaired) electrons. The Kier molecular flexibility index (Phi) is 6.80. The van der Waals surface area contributed by atoms with Crippen molar-refractivity contribution in [3.05, 3.63) is 35.6 Å². The predicted octanol–water partition coefficient (Wildman–Crippen LogP) is 2.68. The van der Waals surface area contributed by atoms with Crippen molar-refractivity contribution in [2.45, 2.75) is 25.6 Å². The van der Waals surface area contributed by atoms with E-state index in [1.807, 2.05) is 5.32 Å². The molecule has 1 aromatic carbocycles. The first-order valence-corrected chi connectivity index (χ1v) is 6.69. The van der Waals surface area contributed by atoms with Crippen LogP contribution in [-0.4, -0.2) is 31.3 Å². The highest BCUT2D eigenvalue weighted by Crippen LogP contribution is 2.14. The maximum absolute atomic E-state index is 12.8. The van der Waals surface area contributed by atoms with E-state index in [1.165, 1.54) is 24.3 Å². The Morgan fingerprint density at radius 3 is 2.39 bits per heavy atom. The molecule has 23 heavy (non-hydrogen) atoms. The fraction of sp³-hybridized carbons (Fsp3) is 0.429. The zero-order valence-electron chi connectivity index (χ0n) is 12.2. The van der Waals surface area contributed by atoms with Crippen LogP contribution >= 0.6 is 0 Å². The van der Waals surface area contributed by atoms with Gasteiger partial charge < -0.3 is 15.4 Å². The van der Waals surface area contributed by atoms with Gasteiger partial charge in [-0.2, -0.15) is 13.2 Å². The Morgan fingerprint density at radius 1 is 1.22 bits per heavy atom. The molecule has 0 aliphatic carbocycles. The molecule has 1 atom stereocenters. The van der Waals surface area contributed by atoms with Crippen LogP contribution < -0.4 is 10.6 Å². The van der Waals surface area contributed by atoms with Gasteiger partial charge in [0, 0.05) is 13.0 Å². The first-order valence-electron chi connectivity index (χ1n) is 6.69. The van der Waals surface area contributed by atoms with Crippen LogP contribution in [0.5, 0.6) is 0 Å². The van der Waals surface area contributed by atoms with Crippen molar-refractivity contribution in [2.24, 2.45) is 0 Å². The van der Waals surface area contributed by atoms with Gasteiger partial charge in [0.05, 0.1) is 6.04 Å². The summed E-state index contributed by atoms with van der Waals surface area (Å²) in [7, 11) is 0. The fourth-order valence-corrected chi connectivity index (χ4v) is 1.62. The van der Waals surface area contributed by atoms with E-state index >= 15 is 0 Å². The van der Waals surface area contributed by atoms with Gasteiger partial charge in [0.25, 0.3) is 0 Å². The molecule has 0 saturated heterocycles. The highest BCUT2D eigenvalue weighted by molar-refractivity contribution is 5.77. The second kappa shape index (κ2) is 8.35. The van der Waals surface area contributed by atoms with E-state index in [1.54, 1.807) is 6.92 Å². The number of rotatable bonds is 6. The molecule has 0 aliphatic rings. The molecule has 0 unspecified atom stereocenters. The zero-order chi connectivity index (χ0) is 17.5. The minimum Gasteiger partial charge on any atom is -0.440 e. The Morgan fingerprint density at radius 2 is 1.83 bits per heavy atom. The lowest BCUT2D eigenvalue weighted by atomic mass is 10.1. The second-order valence-electron chi connectivity index (χ2n) is 4.71. The SMILES string of the molecule is C[C@@H](NC(=O)CCNC(=O)OCC(F)(F)F)c1ccc(F)cc1. The first kappa shape index (κ1) is 18.7. The van der Waals surface area contributed by atoms with Crippen molar-refractivity contribution < 1.29 is 31.9 Å². The van der Waals surface area contributed by atoms with Crippen LogP contribution in [0.1, 0.15) is 24.9 Å². The summed E-state index contributed by atoms with van der Waals surface area (Å²) in [6, 6.07) is 5.19. The minimum atomic E-state index is -4.60. The number of alkyl carbamates (subject to hydrolysis) is 1. The number of carbonyl (C=O) groups is 2. The average Bonchev–Trinajstić information content (AvgIpc) is 2.45. The topological polar surface area (TPSA) is 67.4 Å². The van der Waals surface area contributed by atoms with Gasteiger partial charge in [-0.15, -0.1) is 0 Å². The number of ether oxygens (including phenoxy) is 1. The molecule has 0 bridgehead atoms. The molecule has 0 heterocycles. The number of hydrogen-bond acceptors (Lipinski definition) is 3. The van der Waals surface area contributed by atoms with Crippen molar-refractivity contribution in [2.75, 3.05) is 13.2 Å². The van der Waals surface area contributed by atoms with Gasteiger partial charge in [0.1, 0.15) is 5.82 Å². The number of halogens is 4. The summed E-state index contributed by atoms with van der Waals surface area (Å²) in [6.07, 6.45) is -5.98. The van der Waals surface area contributed by atoms with E-state index in [2.05, 4.69) is 10.1 Å². The van der Waals surface area contributed by atoms with Gasteiger partial charge in [-0.3, -0.25) is 4.79 Å². The summed E-state index contributed by atoms with van der Waals surface area (Å²) < 4.78 is 52.1. The minimum absolute atomic E-state index is 0.132. The van der Waals surface area contributed by atoms with Crippen LogP contribution in [0, 0.1) is 5.82 Å². The number of alkyl halides is 3. The van der Waals surface area contributed by atoms with Gasteiger partial charge in [-0.25, -0.2) is 9.18 Å². The van der Waals surface area contributed by atoms with Gasteiger partial charge >= 0.3 is 12.3 Å². The number of hydrogen-bond donors (Lipinski definition) is 2. The Hall–Kier alpha value is -2.32. The third-order valence-corrected chi connectivity index (χ3v) is 2.74. The van der Waals surface area contributed by atoms with Crippen LogP contribution in [0.2, 0.25) is 0 Å². The molecule has 2 amide bonds. The van der Waals surface area contributed by atoms with Crippen LogP contribution in [0.25, 0.3) is 0 Å². The van der Waals surface area contributed by atoms with Crippen molar-refractivity contribution in [3.63, 3.8) is 0 Å². The molecule has 0 spiro atoms. The number of benzene rings is 1. The summed E-state index contributed by atoms with van der Waals surface area (Å²) in [4.78, 5) is 22.6. The number of nitrogens with one attached hydrogen (secondary N) is 2. The summed E-state index contributed by atoms with van der Waals surface area (Å²) in [5, 5.41) is 4.65. The molecule has 0 aliphatic heterocycles. The smallest absolute Gasteiger partial charge is 0.422 e. The number of carbonyl (C=O) groups excluding carboxylic acids is 2. The van der Waals surface area contributed by atoms with Gasteiger partial charge in [-0.1, -0.05) is 12.1 Å². The van der Waals surface area contributed by atoms with E-state index in [0.717, 1.165) is 0 Å². The fourth-order valence-electron chi connectivity index (χ4n) is 1.62. The van der Waals surface area contributed by atoms with Crippen LogP contribution in [-0.2, 0) is 9.53 Å². The molecule has 0 saturated carbocycles. The van der Waals surface area contributed by atoms with E-state index in [0.29, 0.717) is 5.56 Å². The van der Waals surface area contributed by atoms with Crippen molar-refractivity contribution in [1.82, 2.24) is 10.6 Å². The molecule has 5 nitrogen and oxygen atoms in total. The molecule has 9 heteroatoms. The predicted molar refractivity (Wildman–Crippen MR) is 73.0 cm³/mol.